The average Bonchev–Trinajstić information content (AvgIpc) is 2.20. The van der Waals surface area contributed by atoms with Crippen molar-refractivity contribution < 1.29 is 4.79 Å². The van der Waals surface area contributed by atoms with Crippen molar-refractivity contribution in [2.75, 3.05) is 6.54 Å². The van der Waals surface area contributed by atoms with Gasteiger partial charge in [-0.25, -0.2) is 0 Å². The summed E-state index contributed by atoms with van der Waals surface area (Å²) in [4.78, 5) is 11.2. The van der Waals surface area contributed by atoms with Gasteiger partial charge in [-0.3, -0.25) is 4.79 Å². The van der Waals surface area contributed by atoms with Crippen LogP contribution in [0.25, 0.3) is 6.08 Å². The van der Waals surface area contributed by atoms with E-state index >= 15 is 0 Å². The first-order valence-corrected chi connectivity index (χ1v) is 5.13. The molecule has 0 atom stereocenters. The Morgan fingerprint density at radius 3 is 2.80 bits per heavy atom. The fourth-order valence-electron chi connectivity index (χ4n) is 1.35. The summed E-state index contributed by atoms with van der Waals surface area (Å²) in [6.45, 7) is 4.27. The average molecular weight is 203 g/mol. The molecule has 1 aromatic rings. The second-order valence-corrected chi connectivity index (χ2v) is 3.61. The van der Waals surface area contributed by atoms with Gasteiger partial charge in [-0.05, 0) is 44.0 Å². The lowest BCUT2D eigenvalue weighted by Gasteiger charge is -2.02. The third-order valence-corrected chi connectivity index (χ3v) is 2.32. The number of Topliss-reactive ketones (excluding diaryl/α,β-unsaturated/α-hetero) is 1. The first-order valence-electron chi connectivity index (χ1n) is 5.13. The highest BCUT2D eigenvalue weighted by atomic mass is 16.1. The number of hydrogen-bond acceptors (Lipinski definition) is 2. The molecule has 0 aliphatic rings. The maximum atomic E-state index is 11.2. The summed E-state index contributed by atoms with van der Waals surface area (Å²) in [5.74, 6) is 0.100. The van der Waals surface area contributed by atoms with Gasteiger partial charge in [0.25, 0.3) is 0 Å². The van der Waals surface area contributed by atoms with Gasteiger partial charge in [0.05, 0.1) is 0 Å². The van der Waals surface area contributed by atoms with Crippen LogP contribution < -0.4 is 5.73 Å². The van der Waals surface area contributed by atoms with Crippen molar-refractivity contribution in [2.24, 2.45) is 5.73 Å². The highest BCUT2D eigenvalue weighted by molar-refractivity contribution is 5.94. The number of nitrogens with two attached hydrogens (primary N) is 1. The molecule has 0 amide bonds. The Morgan fingerprint density at radius 2 is 2.20 bits per heavy atom. The van der Waals surface area contributed by atoms with Crippen molar-refractivity contribution in [3.8, 4) is 0 Å². The van der Waals surface area contributed by atoms with Gasteiger partial charge >= 0.3 is 0 Å². The molecule has 0 heterocycles. The molecule has 0 aliphatic carbocycles. The van der Waals surface area contributed by atoms with E-state index in [1.54, 1.807) is 6.92 Å². The summed E-state index contributed by atoms with van der Waals surface area (Å²) in [5, 5.41) is 0. The molecule has 1 aromatic carbocycles. The van der Waals surface area contributed by atoms with Crippen LogP contribution in [0.5, 0.6) is 0 Å². The zero-order valence-corrected chi connectivity index (χ0v) is 9.29. The van der Waals surface area contributed by atoms with E-state index in [2.05, 4.69) is 0 Å². The molecule has 0 saturated heterocycles. The number of carbonyl (C=O) groups excluding carboxylic acids is 1. The van der Waals surface area contributed by atoms with E-state index in [4.69, 9.17) is 5.73 Å². The first-order chi connectivity index (χ1) is 7.15. The van der Waals surface area contributed by atoms with Crippen LogP contribution in [0.1, 0.15) is 34.8 Å². The summed E-state index contributed by atoms with van der Waals surface area (Å²) in [6, 6.07) is 5.75. The van der Waals surface area contributed by atoms with Crippen molar-refractivity contribution in [2.45, 2.75) is 20.3 Å². The Kier molecular flexibility index (Phi) is 4.25. The van der Waals surface area contributed by atoms with E-state index in [0.717, 1.165) is 17.5 Å². The minimum atomic E-state index is 0.100. The number of carbonyl (C=O) groups is 1. The molecule has 2 N–H and O–H groups in total. The van der Waals surface area contributed by atoms with Crippen molar-refractivity contribution in [3.05, 3.63) is 41.0 Å². The van der Waals surface area contributed by atoms with E-state index in [1.165, 1.54) is 5.56 Å². The Balaban J connectivity index is 2.95. The third kappa shape index (κ3) is 3.33. The molecule has 0 aromatic heterocycles. The molecular weight excluding hydrogens is 186 g/mol. The van der Waals surface area contributed by atoms with Crippen LogP contribution in [0.3, 0.4) is 0 Å². The van der Waals surface area contributed by atoms with Crippen molar-refractivity contribution in [3.63, 3.8) is 0 Å². The Morgan fingerprint density at radius 1 is 1.47 bits per heavy atom. The summed E-state index contributed by atoms with van der Waals surface area (Å²) in [6.07, 6.45) is 4.92. The third-order valence-electron chi connectivity index (χ3n) is 2.32. The molecule has 0 bridgehead atoms. The Hall–Kier alpha value is -1.41. The Bertz CT molecular complexity index is 380. The molecule has 15 heavy (non-hydrogen) atoms. The molecule has 0 saturated carbocycles. The van der Waals surface area contributed by atoms with Crippen LogP contribution in [0.15, 0.2) is 24.3 Å². The molecule has 0 fully saturated rings. The van der Waals surface area contributed by atoms with E-state index in [9.17, 15) is 4.79 Å². The molecule has 0 radical (unpaired) electrons. The second-order valence-electron chi connectivity index (χ2n) is 3.61. The van der Waals surface area contributed by atoms with Crippen LogP contribution in [0.2, 0.25) is 0 Å². The highest BCUT2D eigenvalue weighted by Crippen LogP contribution is 2.13. The fraction of sp³-hybridized carbons (Fsp3) is 0.308. The predicted molar refractivity (Wildman–Crippen MR) is 63.9 cm³/mol. The molecule has 0 spiro atoms. The van der Waals surface area contributed by atoms with Gasteiger partial charge in [-0.2, -0.15) is 0 Å². The number of ketones is 1. The molecule has 2 heteroatoms. The number of hydrogen-bond donors (Lipinski definition) is 1. The van der Waals surface area contributed by atoms with Gasteiger partial charge in [-0.15, -0.1) is 0 Å². The van der Waals surface area contributed by atoms with Gasteiger partial charge in [0.15, 0.2) is 5.78 Å². The zero-order valence-electron chi connectivity index (χ0n) is 9.29. The van der Waals surface area contributed by atoms with Gasteiger partial charge in [0.2, 0.25) is 0 Å². The van der Waals surface area contributed by atoms with Gasteiger partial charge in [-0.1, -0.05) is 24.3 Å². The molecule has 80 valence electrons. The topological polar surface area (TPSA) is 43.1 Å². The lowest BCUT2D eigenvalue weighted by Crippen LogP contribution is -1.96. The lowest BCUT2D eigenvalue weighted by atomic mass is 10.0. The van der Waals surface area contributed by atoms with Gasteiger partial charge in [0.1, 0.15) is 0 Å². The number of rotatable bonds is 4. The minimum absolute atomic E-state index is 0.100. The fourth-order valence-corrected chi connectivity index (χ4v) is 1.35. The summed E-state index contributed by atoms with van der Waals surface area (Å²) in [5.41, 5.74) is 8.43. The summed E-state index contributed by atoms with van der Waals surface area (Å²) >= 11 is 0. The van der Waals surface area contributed by atoms with Crippen LogP contribution in [0.4, 0.5) is 0 Å². The van der Waals surface area contributed by atoms with E-state index in [-0.39, 0.29) is 5.78 Å². The number of benzene rings is 1. The monoisotopic (exact) mass is 203 g/mol. The highest BCUT2D eigenvalue weighted by Gasteiger charge is 2.01. The van der Waals surface area contributed by atoms with Gasteiger partial charge < -0.3 is 5.73 Å². The maximum Gasteiger partial charge on any atom is 0.159 e. The van der Waals surface area contributed by atoms with Crippen LogP contribution >= 0.6 is 0 Å². The Labute approximate surface area is 90.8 Å². The molecule has 1 rings (SSSR count). The molecular formula is C13H17NO. The van der Waals surface area contributed by atoms with E-state index < -0.39 is 0 Å². The maximum absolute atomic E-state index is 11.2. The SMILES string of the molecule is CC(=O)c1ccc(C)c(C=CCCN)c1. The summed E-state index contributed by atoms with van der Waals surface area (Å²) in [7, 11) is 0. The predicted octanol–water partition coefficient (Wildman–Crippen LogP) is 2.56. The second kappa shape index (κ2) is 5.47. The first kappa shape index (κ1) is 11.7. The smallest absolute Gasteiger partial charge is 0.159 e. The van der Waals surface area contributed by atoms with Crippen molar-refractivity contribution in [1.82, 2.24) is 0 Å². The van der Waals surface area contributed by atoms with E-state index in [0.29, 0.717) is 6.54 Å². The quantitative estimate of drug-likeness (QED) is 0.764. The molecule has 0 aliphatic heterocycles. The normalized spacial score (nSPS) is 10.9. The van der Waals surface area contributed by atoms with Crippen molar-refractivity contribution in [1.29, 1.82) is 0 Å². The number of aryl methyl sites for hydroxylation is 1. The van der Waals surface area contributed by atoms with Crippen LogP contribution in [-0.2, 0) is 0 Å². The standard InChI is InChI=1S/C13H17NO/c1-10-6-7-13(11(2)15)9-12(10)5-3-4-8-14/h3,5-7,9H,4,8,14H2,1-2H3. The van der Waals surface area contributed by atoms with Gasteiger partial charge in [0, 0.05) is 5.56 Å². The molecule has 2 nitrogen and oxygen atoms in total. The van der Waals surface area contributed by atoms with E-state index in [1.807, 2.05) is 37.3 Å². The largest absolute Gasteiger partial charge is 0.330 e. The lowest BCUT2D eigenvalue weighted by molar-refractivity contribution is 0.101. The summed E-state index contributed by atoms with van der Waals surface area (Å²) < 4.78 is 0. The van der Waals surface area contributed by atoms with Crippen LogP contribution in [-0.4, -0.2) is 12.3 Å². The van der Waals surface area contributed by atoms with Crippen LogP contribution in [0, 0.1) is 6.92 Å². The molecule has 0 unspecified atom stereocenters. The zero-order chi connectivity index (χ0) is 11.3. The van der Waals surface area contributed by atoms with Crippen molar-refractivity contribution >= 4 is 11.9 Å². The minimum Gasteiger partial charge on any atom is -0.330 e.